The van der Waals surface area contributed by atoms with Gasteiger partial charge in [-0.15, -0.1) is 0 Å². The number of nitrogens with two attached hydrogens (primary N) is 1. The van der Waals surface area contributed by atoms with E-state index in [9.17, 15) is 8.42 Å². The lowest BCUT2D eigenvalue weighted by Crippen LogP contribution is -2.06. The minimum Gasteiger partial charge on any atom is -0.439 e. The van der Waals surface area contributed by atoms with Gasteiger partial charge in [0.05, 0.1) is 4.90 Å². The third-order valence-corrected chi connectivity index (χ3v) is 4.95. The highest BCUT2D eigenvalue weighted by Crippen LogP contribution is 2.23. The van der Waals surface area contributed by atoms with Gasteiger partial charge in [0.15, 0.2) is 15.4 Å². The number of nitrogens with zero attached hydrogens (tertiary/aromatic N) is 1. The zero-order valence-electron chi connectivity index (χ0n) is 11.4. The van der Waals surface area contributed by atoms with Crippen molar-refractivity contribution in [1.82, 2.24) is 4.98 Å². The van der Waals surface area contributed by atoms with Crippen LogP contribution in [0.1, 0.15) is 11.5 Å². The summed E-state index contributed by atoms with van der Waals surface area (Å²) in [6, 6.07) is 11.9. The van der Waals surface area contributed by atoms with E-state index < -0.39 is 9.84 Å². The Balaban J connectivity index is 1.99. The number of fused-ring (bicyclic) bond motifs is 1. The van der Waals surface area contributed by atoms with Gasteiger partial charge in [0.2, 0.25) is 5.89 Å². The average Bonchev–Trinajstić information content (AvgIpc) is 2.79. The predicted octanol–water partition coefficient (Wildman–Crippen LogP) is 2.69. The third-order valence-electron chi connectivity index (χ3n) is 3.20. The monoisotopic (exact) mass is 302 g/mol. The molecule has 3 rings (SSSR count). The smallest absolute Gasteiger partial charge is 0.211 e. The maximum absolute atomic E-state index is 12.4. The molecule has 21 heavy (non-hydrogen) atoms. The van der Waals surface area contributed by atoms with E-state index in [2.05, 4.69) is 4.98 Å². The molecule has 5 nitrogen and oxygen atoms in total. The molecule has 0 aliphatic heterocycles. The topological polar surface area (TPSA) is 86.2 Å². The molecule has 108 valence electrons. The van der Waals surface area contributed by atoms with Gasteiger partial charge in [-0.25, -0.2) is 13.4 Å². The van der Waals surface area contributed by atoms with E-state index in [0.29, 0.717) is 27.2 Å². The van der Waals surface area contributed by atoms with Crippen LogP contribution in [0.3, 0.4) is 0 Å². The lowest BCUT2D eigenvalue weighted by atomic mass is 10.2. The number of aryl methyl sites for hydroxylation is 1. The zero-order valence-corrected chi connectivity index (χ0v) is 12.2. The van der Waals surface area contributed by atoms with Crippen LogP contribution in [0.25, 0.3) is 11.1 Å². The minimum absolute atomic E-state index is 0.166. The van der Waals surface area contributed by atoms with Gasteiger partial charge in [-0.2, -0.15) is 0 Å². The molecule has 0 saturated heterocycles. The van der Waals surface area contributed by atoms with Crippen LogP contribution in [0, 0.1) is 6.92 Å². The van der Waals surface area contributed by atoms with E-state index in [1.54, 1.807) is 49.4 Å². The second kappa shape index (κ2) is 4.89. The van der Waals surface area contributed by atoms with Crippen LogP contribution in [0.2, 0.25) is 0 Å². The Morgan fingerprint density at radius 1 is 1.19 bits per heavy atom. The molecule has 0 bridgehead atoms. The molecule has 0 saturated carbocycles. The van der Waals surface area contributed by atoms with Crippen LogP contribution in [-0.2, 0) is 15.6 Å². The molecule has 0 aliphatic carbocycles. The normalized spacial score (nSPS) is 11.9. The number of oxazole rings is 1. The van der Waals surface area contributed by atoms with Crippen molar-refractivity contribution >= 4 is 26.6 Å². The first-order valence-corrected chi connectivity index (χ1v) is 8.04. The molecule has 1 heterocycles. The summed E-state index contributed by atoms with van der Waals surface area (Å²) in [7, 11) is -3.49. The number of anilines is 1. The van der Waals surface area contributed by atoms with Gasteiger partial charge < -0.3 is 10.2 Å². The molecular formula is C15H14N2O3S. The molecule has 0 spiro atoms. The quantitative estimate of drug-likeness (QED) is 0.752. The SMILES string of the molecule is Cc1ccccc1S(=O)(=O)Cc1nc2ccc(N)cc2o1. The van der Waals surface area contributed by atoms with E-state index in [-0.39, 0.29) is 11.6 Å². The molecule has 0 fully saturated rings. The summed E-state index contributed by atoms with van der Waals surface area (Å²) in [5.41, 5.74) is 8.01. The molecule has 0 atom stereocenters. The van der Waals surface area contributed by atoms with Crippen LogP contribution in [0.4, 0.5) is 5.69 Å². The average molecular weight is 302 g/mol. The second-order valence-corrected chi connectivity index (χ2v) is 6.82. The second-order valence-electron chi connectivity index (χ2n) is 4.86. The van der Waals surface area contributed by atoms with Crippen molar-refractivity contribution in [2.45, 2.75) is 17.6 Å². The molecule has 0 aliphatic rings. The minimum atomic E-state index is -3.49. The fraction of sp³-hybridized carbons (Fsp3) is 0.133. The summed E-state index contributed by atoms with van der Waals surface area (Å²) < 4.78 is 30.4. The summed E-state index contributed by atoms with van der Waals surface area (Å²) in [6.45, 7) is 1.76. The molecule has 0 amide bonds. The zero-order chi connectivity index (χ0) is 15.0. The Kier molecular flexibility index (Phi) is 3.17. The van der Waals surface area contributed by atoms with Gasteiger partial charge >= 0.3 is 0 Å². The first kappa shape index (κ1) is 13.6. The van der Waals surface area contributed by atoms with Crippen LogP contribution in [-0.4, -0.2) is 13.4 Å². The first-order chi connectivity index (χ1) is 9.95. The summed E-state index contributed by atoms with van der Waals surface area (Å²) in [5, 5.41) is 0. The molecule has 2 N–H and O–H groups in total. The number of hydrogen-bond acceptors (Lipinski definition) is 5. The number of rotatable bonds is 3. The largest absolute Gasteiger partial charge is 0.439 e. The Hall–Kier alpha value is -2.34. The van der Waals surface area contributed by atoms with Crippen molar-refractivity contribution in [1.29, 1.82) is 0 Å². The number of benzene rings is 2. The van der Waals surface area contributed by atoms with E-state index >= 15 is 0 Å². The van der Waals surface area contributed by atoms with Crippen molar-refractivity contribution in [2.75, 3.05) is 5.73 Å². The van der Waals surface area contributed by atoms with Crippen LogP contribution >= 0.6 is 0 Å². The van der Waals surface area contributed by atoms with E-state index in [1.807, 2.05) is 0 Å². The highest BCUT2D eigenvalue weighted by Gasteiger charge is 2.20. The first-order valence-electron chi connectivity index (χ1n) is 6.39. The fourth-order valence-electron chi connectivity index (χ4n) is 2.20. The number of aromatic nitrogens is 1. The molecular weight excluding hydrogens is 288 g/mol. The Labute approximate surface area is 122 Å². The summed E-state index contributed by atoms with van der Waals surface area (Å²) in [6.07, 6.45) is 0. The maximum atomic E-state index is 12.4. The van der Waals surface area contributed by atoms with Crippen LogP contribution < -0.4 is 5.73 Å². The Morgan fingerprint density at radius 3 is 2.71 bits per heavy atom. The van der Waals surface area contributed by atoms with Gasteiger partial charge in [0.1, 0.15) is 11.3 Å². The number of sulfone groups is 1. The highest BCUT2D eigenvalue weighted by molar-refractivity contribution is 7.90. The molecule has 3 aromatic rings. The molecule has 0 radical (unpaired) electrons. The van der Waals surface area contributed by atoms with E-state index in [0.717, 1.165) is 0 Å². The van der Waals surface area contributed by atoms with Gasteiger partial charge in [-0.05, 0) is 30.7 Å². The fourth-order valence-corrected chi connectivity index (χ4v) is 3.64. The number of hydrogen-bond donors (Lipinski definition) is 1. The Morgan fingerprint density at radius 2 is 1.95 bits per heavy atom. The van der Waals surface area contributed by atoms with E-state index in [1.165, 1.54) is 0 Å². The maximum Gasteiger partial charge on any atom is 0.211 e. The van der Waals surface area contributed by atoms with Crippen LogP contribution in [0.5, 0.6) is 0 Å². The summed E-state index contributed by atoms with van der Waals surface area (Å²) >= 11 is 0. The van der Waals surface area contributed by atoms with E-state index in [4.69, 9.17) is 10.2 Å². The van der Waals surface area contributed by atoms with Crippen molar-refractivity contribution in [3.05, 3.63) is 53.9 Å². The van der Waals surface area contributed by atoms with Crippen molar-refractivity contribution in [3.8, 4) is 0 Å². The highest BCUT2D eigenvalue weighted by atomic mass is 32.2. The lowest BCUT2D eigenvalue weighted by molar-refractivity contribution is 0.540. The van der Waals surface area contributed by atoms with Gasteiger partial charge in [0.25, 0.3) is 0 Å². The predicted molar refractivity (Wildman–Crippen MR) is 80.5 cm³/mol. The molecule has 0 unspecified atom stereocenters. The van der Waals surface area contributed by atoms with Crippen molar-refractivity contribution < 1.29 is 12.8 Å². The van der Waals surface area contributed by atoms with Gasteiger partial charge in [0, 0.05) is 11.8 Å². The molecule has 6 heteroatoms. The van der Waals surface area contributed by atoms with Gasteiger partial charge in [-0.1, -0.05) is 18.2 Å². The molecule has 1 aromatic heterocycles. The van der Waals surface area contributed by atoms with Gasteiger partial charge in [-0.3, -0.25) is 0 Å². The van der Waals surface area contributed by atoms with Crippen molar-refractivity contribution in [2.24, 2.45) is 0 Å². The van der Waals surface area contributed by atoms with Crippen molar-refractivity contribution in [3.63, 3.8) is 0 Å². The van der Waals surface area contributed by atoms with Crippen LogP contribution in [0.15, 0.2) is 51.8 Å². The lowest BCUT2D eigenvalue weighted by Gasteiger charge is -2.04. The summed E-state index contributed by atoms with van der Waals surface area (Å²) in [5.74, 6) is -0.106. The summed E-state index contributed by atoms with van der Waals surface area (Å²) in [4.78, 5) is 4.49. The molecule has 2 aromatic carbocycles. The number of nitrogen functional groups attached to an aromatic ring is 1. The third kappa shape index (κ3) is 2.62. The Bertz CT molecular complexity index is 914. The standard InChI is InChI=1S/C15H14N2O3S/c1-10-4-2-3-5-14(10)21(18,19)9-15-17-12-7-6-11(16)8-13(12)20-15/h2-8H,9,16H2,1H3.